The molecule has 0 saturated heterocycles. The molecule has 0 spiro atoms. The molecule has 4 rings (SSSR count). The van der Waals surface area contributed by atoms with Crippen molar-refractivity contribution in [3.63, 3.8) is 0 Å². The first-order valence-electron chi connectivity index (χ1n) is 12.1. The predicted molar refractivity (Wildman–Crippen MR) is 144 cm³/mol. The van der Waals surface area contributed by atoms with Crippen molar-refractivity contribution in [2.24, 2.45) is 9.98 Å². The zero-order chi connectivity index (χ0) is 23.6. The van der Waals surface area contributed by atoms with E-state index in [2.05, 4.69) is 9.98 Å². The molecule has 4 aromatic carbocycles. The molecule has 4 nitrogen and oxygen atoms in total. The number of rotatable bonds is 11. The number of nitrogens with zero attached hydrogens (tertiary/aromatic N) is 2. The Labute approximate surface area is 201 Å². The summed E-state index contributed by atoms with van der Waals surface area (Å²) in [5.74, 6) is 0.557. The van der Waals surface area contributed by atoms with Gasteiger partial charge in [0, 0.05) is 36.6 Å². The van der Waals surface area contributed by atoms with E-state index in [9.17, 15) is 10.2 Å². The maximum atomic E-state index is 10.2. The van der Waals surface area contributed by atoms with E-state index in [-0.39, 0.29) is 11.5 Å². The molecule has 0 radical (unpaired) electrons. The molecule has 0 heterocycles. The molecule has 0 atom stereocenters. The van der Waals surface area contributed by atoms with Crippen molar-refractivity contribution < 1.29 is 10.2 Å². The number of unbranched alkanes of at least 4 members (excludes halogenated alkanes) is 5. The van der Waals surface area contributed by atoms with Crippen LogP contribution < -0.4 is 0 Å². The summed E-state index contributed by atoms with van der Waals surface area (Å²) in [4.78, 5) is 9.09. The second-order valence-corrected chi connectivity index (χ2v) is 8.63. The molecule has 4 aromatic rings. The number of aliphatic imine (C=N–C) groups is 2. The fraction of sp³-hybridized carbons (Fsp3) is 0.267. The van der Waals surface area contributed by atoms with Crippen LogP contribution in [-0.4, -0.2) is 35.7 Å². The van der Waals surface area contributed by atoms with Gasteiger partial charge in [-0.2, -0.15) is 0 Å². The van der Waals surface area contributed by atoms with Crippen LogP contribution in [-0.2, 0) is 0 Å². The minimum atomic E-state index is 0.278. The summed E-state index contributed by atoms with van der Waals surface area (Å²) in [5.41, 5.74) is 1.60. The number of fused-ring (bicyclic) bond motifs is 2. The second-order valence-electron chi connectivity index (χ2n) is 8.63. The van der Waals surface area contributed by atoms with Crippen LogP contribution in [0.1, 0.15) is 49.7 Å². The predicted octanol–water partition coefficient (Wildman–Crippen LogP) is 7.28. The summed E-state index contributed by atoms with van der Waals surface area (Å²) in [7, 11) is 0. The summed E-state index contributed by atoms with van der Waals surface area (Å²) >= 11 is 0. The van der Waals surface area contributed by atoms with Crippen LogP contribution in [0.15, 0.2) is 82.8 Å². The van der Waals surface area contributed by atoms with E-state index < -0.39 is 0 Å². The van der Waals surface area contributed by atoms with Crippen molar-refractivity contribution in [3.05, 3.63) is 83.9 Å². The molecule has 0 unspecified atom stereocenters. The fourth-order valence-electron chi connectivity index (χ4n) is 4.26. The van der Waals surface area contributed by atoms with Gasteiger partial charge in [0.05, 0.1) is 0 Å². The summed E-state index contributed by atoms with van der Waals surface area (Å²) in [6.07, 6.45) is 10.4. The number of aromatic hydroxyl groups is 2. The van der Waals surface area contributed by atoms with Crippen LogP contribution in [0, 0.1) is 0 Å². The number of hydrogen-bond donors (Lipinski definition) is 2. The molecule has 0 amide bonds. The average Bonchev–Trinajstić information content (AvgIpc) is 2.87. The first-order valence-corrected chi connectivity index (χ1v) is 12.1. The van der Waals surface area contributed by atoms with Crippen molar-refractivity contribution in [1.82, 2.24) is 0 Å². The average molecular weight is 453 g/mol. The Morgan fingerprint density at radius 3 is 1.38 bits per heavy atom. The minimum Gasteiger partial charge on any atom is -0.507 e. The van der Waals surface area contributed by atoms with Gasteiger partial charge < -0.3 is 10.2 Å². The van der Waals surface area contributed by atoms with Gasteiger partial charge >= 0.3 is 0 Å². The third-order valence-electron chi connectivity index (χ3n) is 6.16. The van der Waals surface area contributed by atoms with Crippen LogP contribution >= 0.6 is 0 Å². The number of hydrogen-bond acceptors (Lipinski definition) is 4. The third-order valence-corrected chi connectivity index (χ3v) is 6.16. The van der Waals surface area contributed by atoms with E-state index in [0.29, 0.717) is 0 Å². The highest BCUT2D eigenvalue weighted by molar-refractivity contribution is 6.03. The first-order chi connectivity index (χ1) is 16.7. The highest BCUT2D eigenvalue weighted by Gasteiger charge is 2.05. The second kappa shape index (κ2) is 12.0. The van der Waals surface area contributed by atoms with Crippen LogP contribution in [0.25, 0.3) is 21.5 Å². The lowest BCUT2D eigenvalue weighted by atomic mass is 10.0. The highest BCUT2D eigenvalue weighted by Crippen LogP contribution is 2.26. The quantitative estimate of drug-likeness (QED) is 0.185. The molecule has 0 bridgehead atoms. The number of phenols is 2. The van der Waals surface area contributed by atoms with E-state index in [1.807, 2.05) is 73.1 Å². The number of phenolic OH excluding ortho intramolecular Hbond substituents is 2. The van der Waals surface area contributed by atoms with Crippen molar-refractivity contribution in [2.45, 2.75) is 38.5 Å². The molecule has 0 saturated carbocycles. The Kier molecular flexibility index (Phi) is 8.28. The highest BCUT2D eigenvalue weighted by atomic mass is 16.3. The maximum absolute atomic E-state index is 10.2. The molecule has 0 fully saturated rings. The third kappa shape index (κ3) is 6.02. The molecule has 0 aromatic heterocycles. The Balaban J connectivity index is 1.12. The van der Waals surface area contributed by atoms with Gasteiger partial charge in [-0.15, -0.1) is 0 Å². The molecular formula is C30H32N2O2. The molecule has 4 heteroatoms. The largest absolute Gasteiger partial charge is 0.507 e. The summed E-state index contributed by atoms with van der Waals surface area (Å²) in [6, 6.07) is 23.4. The van der Waals surface area contributed by atoms with Crippen LogP contribution in [0.5, 0.6) is 11.5 Å². The minimum absolute atomic E-state index is 0.278. The Morgan fingerprint density at radius 1 is 0.500 bits per heavy atom. The van der Waals surface area contributed by atoms with Gasteiger partial charge in [-0.25, -0.2) is 0 Å². The van der Waals surface area contributed by atoms with E-state index in [4.69, 9.17) is 0 Å². The Morgan fingerprint density at radius 2 is 0.912 bits per heavy atom. The van der Waals surface area contributed by atoms with Crippen LogP contribution in [0.2, 0.25) is 0 Å². The van der Waals surface area contributed by atoms with Gasteiger partial charge in [-0.1, -0.05) is 86.3 Å². The van der Waals surface area contributed by atoms with Gasteiger partial charge in [-0.05, 0) is 46.5 Å². The topological polar surface area (TPSA) is 65.2 Å². The zero-order valence-electron chi connectivity index (χ0n) is 19.5. The van der Waals surface area contributed by atoms with Gasteiger partial charge in [0.25, 0.3) is 0 Å². The summed E-state index contributed by atoms with van der Waals surface area (Å²) in [6.45, 7) is 1.56. The molecule has 174 valence electrons. The van der Waals surface area contributed by atoms with E-state index in [1.54, 1.807) is 12.1 Å². The number of benzene rings is 4. The first kappa shape index (κ1) is 23.5. The van der Waals surface area contributed by atoms with Crippen molar-refractivity contribution in [3.8, 4) is 11.5 Å². The van der Waals surface area contributed by atoms with Crippen molar-refractivity contribution in [1.29, 1.82) is 0 Å². The lowest BCUT2D eigenvalue weighted by Gasteiger charge is -2.05. The SMILES string of the molecule is Oc1ccc2ccccc2c1C=NCCCCCCCCN=Cc1c(O)ccc2ccccc12. The van der Waals surface area contributed by atoms with Crippen molar-refractivity contribution >= 4 is 34.0 Å². The smallest absolute Gasteiger partial charge is 0.124 e. The van der Waals surface area contributed by atoms with E-state index in [1.165, 1.54) is 12.8 Å². The van der Waals surface area contributed by atoms with Gasteiger partial charge in [-0.3, -0.25) is 9.98 Å². The monoisotopic (exact) mass is 452 g/mol. The Hall–Kier alpha value is -3.66. The lowest BCUT2D eigenvalue weighted by Crippen LogP contribution is -1.90. The zero-order valence-corrected chi connectivity index (χ0v) is 19.5. The van der Waals surface area contributed by atoms with Gasteiger partial charge in [0.2, 0.25) is 0 Å². The van der Waals surface area contributed by atoms with Gasteiger partial charge in [0.15, 0.2) is 0 Å². The lowest BCUT2D eigenvalue weighted by molar-refractivity contribution is 0.475. The van der Waals surface area contributed by atoms with Gasteiger partial charge in [0.1, 0.15) is 11.5 Å². The van der Waals surface area contributed by atoms with Crippen LogP contribution in [0.3, 0.4) is 0 Å². The molecule has 0 aliphatic carbocycles. The molecule has 34 heavy (non-hydrogen) atoms. The Bertz CT molecular complexity index is 1190. The molecule has 0 aliphatic rings. The summed E-state index contributed by atoms with van der Waals surface area (Å²) in [5, 5.41) is 24.6. The van der Waals surface area contributed by atoms with E-state index in [0.717, 1.165) is 71.4 Å². The van der Waals surface area contributed by atoms with E-state index >= 15 is 0 Å². The molecule has 0 aliphatic heterocycles. The van der Waals surface area contributed by atoms with Crippen LogP contribution in [0.4, 0.5) is 0 Å². The molecule has 2 N–H and O–H groups in total. The fourth-order valence-corrected chi connectivity index (χ4v) is 4.26. The molecular weight excluding hydrogens is 420 g/mol. The standard InChI is InChI=1S/C30H32N2O2/c33-29-17-15-23-11-5-7-13-25(23)27(29)21-31-19-9-3-1-2-4-10-20-32-22-28-26-14-8-6-12-24(26)16-18-30(28)34/h5-8,11-18,21-22,33-34H,1-4,9-10,19-20H2. The normalized spacial score (nSPS) is 11.9. The van der Waals surface area contributed by atoms with Crippen molar-refractivity contribution in [2.75, 3.05) is 13.1 Å². The maximum Gasteiger partial charge on any atom is 0.124 e. The summed E-state index contributed by atoms with van der Waals surface area (Å²) < 4.78 is 0.